The number of halogens is 3. The number of carbonyl (C=O) groups is 1. The monoisotopic (exact) mass is 441 g/mol. The highest BCUT2D eigenvalue weighted by atomic mass is 19.4. The zero-order valence-corrected chi connectivity index (χ0v) is 16.2. The molecule has 0 aliphatic carbocycles. The Morgan fingerprint density at radius 2 is 1.91 bits per heavy atom. The van der Waals surface area contributed by atoms with Gasteiger partial charge in [0, 0.05) is 24.4 Å². The summed E-state index contributed by atoms with van der Waals surface area (Å²) >= 11 is 0. The van der Waals surface area contributed by atoms with Gasteiger partial charge in [0.25, 0.3) is 0 Å². The van der Waals surface area contributed by atoms with Crippen LogP contribution in [0.1, 0.15) is 17.8 Å². The molecule has 9 nitrogen and oxygen atoms in total. The fraction of sp³-hybridized carbons (Fsp3) is 0.200. The number of nitrogens with zero attached hydrogens (tertiary/aromatic N) is 5. The van der Waals surface area contributed by atoms with Crippen LogP contribution in [0.5, 0.6) is 11.6 Å². The molecule has 1 fully saturated rings. The van der Waals surface area contributed by atoms with Gasteiger partial charge < -0.3 is 15.4 Å². The minimum absolute atomic E-state index is 0.000922. The Kier molecular flexibility index (Phi) is 5.55. The quantitative estimate of drug-likeness (QED) is 0.619. The third-order valence-electron chi connectivity index (χ3n) is 4.49. The number of aromatic nitrogens is 4. The van der Waals surface area contributed by atoms with Gasteiger partial charge in [-0.15, -0.1) is 0 Å². The molecule has 0 bridgehead atoms. The summed E-state index contributed by atoms with van der Waals surface area (Å²) in [4.78, 5) is 27.8. The van der Waals surface area contributed by atoms with E-state index in [0.29, 0.717) is 30.5 Å². The van der Waals surface area contributed by atoms with Gasteiger partial charge in [0.15, 0.2) is 5.82 Å². The number of ether oxygens (including phenoxy) is 1. The Morgan fingerprint density at radius 3 is 2.50 bits per heavy atom. The number of benzene rings is 1. The van der Waals surface area contributed by atoms with Crippen molar-refractivity contribution in [2.45, 2.75) is 18.6 Å². The minimum Gasteiger partial charge on any atom is -0.439 e. The normalized spacial score (nSPS) is 15.7. The number of amides is 1. The number of anilines is 1. The molecule has 1 aliphatic heterocycles. The molecule has 32 heavy (non-hydrogen) atoms. The summed E-state index contributed by atoms with van der Waals surface area (Å²) in [7, 11) is 0. The van der Waals surface area contributed by atoms with Crippen molar-refractivity contribution < 1.29 is 22.7 Å². The number of hydrogen-bond donors (Lipinski definition) is 2. The van der Waals surface area contributed by atoms with Crippen LogP contribution in [0, 0.1) is 11.3 Å². The predicted molar refractivity (Wildman–Crippen MR) is 104 cm³/mol. The van der Waals surface area contributed by atoms with E-state index in [1.807, 2.05) is 6.07 Å². The Labute approximate surface area is 179 Å². The highest BCUT2D eigenvalue weighted by molar-refractivity contribution is 5.86. The summed E-state index contributed by atoms with van der Waals surface area (Å²) in [6.07, 6.45) is -3.22. The molecule has 1 saturated heterocycles. The average molecular weight is 441 g/mol. The smallest absolute Gasteiger partial charge is 0.417 e. The predicted octanol–water partition coefficient (Wildman–Crippen LogP) is 2.92. The fourth-order valence-corrected chi connectivity index (χ4v) is 2.91. The van der Waals surface area contributed by atoms with E-state index in [4.69, 9.17) is 4.74 Å². The van der Waals surface area contributed by atoms with E-state index in [1.165, 1.54) is 0 Å². The van der Waals surface area contributed by atoms with Crippen LogP contribution in [-0.2, 0) is 11.0 Å². The average Bonchev–Trinajstić information content (AvgIpc) is 3.18. The van der Waals surface area contributed by atoms with Gasteiger partial charge in [0.05, 0.1) is 5.56 Å². The first-order valence-electron chi connectivity index (χ1n) is 9.34. The second-order valence-corrected chi connectivity index (χ2v) is 6.70. The minimum atomic E-state index is -4.48. The van der Waals surface area contributed by atoms with Crippen molar-refractivity contribution >= 4 is 11.9 Å². The van der Waals surface area contributed by atoms with Crippen LogP contribution < -0.4 is 15.4 Å². The lowest BCUT2D eigenvalue weighted by Gasteiger charge is -2.11. The molecule has 12 heteroatoms. The molecule has 1 aliphatic rings. The van der Waals surface area contributed by atoms with Crippen LogP contribution in [0.15, 0.2) is 42.6 Å². The second-order valence-electron chi connectivity index (χ2n) is 6.70. The van der Waals surface area contributed by atoms with Crippen molar-refractivity contribution in [3.05, 3.63) is 54.0 Å². The first-order valence-corrected chi connectivity index (χ1v) is 9.34. The van der Waals surface area contributed by atoms with Crippen LogP contribution in [0.3, 0.4) is 0 Å². The van der Waals surface area contributed by atoms with E-state index in [0.717, 1.165) is 12.1 Å². The van der Waals surface area contributed by atoms with Crippen molar-refractivity contribution in [3.63, 3.8) is 0 Å². The maximum atomic E-state index is 12.6. The fourth-order valence-electron chi connectivity index (χ4n) is 2.91. The molecule has 1 amide bonds. The van der Waals surface area contributed by atoms with Gasteiger partial charge in [0.2, 0.25) is 23.6 Å². The second kappa shape index (κ2) is 8.46. The molecule has 0 saturated carbocycles. The van der Waals surface area contributed by atoms with Crippen LogP contribution in [0.4, 0.5) is 19.1 Å². The maximum Gasteiger partial charge on any atom is 0.417 e. The van der Waals surface area contributed by atoms with Crippen LogP contribution in [0.25, 0.3) is 11.4 Å². The summed E-state index contributed by atoms with van der Waals surface area (Å²) in [5.41, 5.74) is -0.335. The lowest BCUT2D eigenvalue weighted by Crippen LogP contribution is -2.30. The number of pyridine rings is 1. The van der Waals surface area contributed by atoms with Crippen molar-refractivity contribution in [1.82, 2.24) is 25.3 Å². The van der Waals surface area contributed by atoms with Gasteiger partial charge in [-0.2, -0.15) is 33.4 Å². The lowest BCUT2D eigenvalue weighted by molar-refractivity contribution is -0.137. The Hall–Kier alpha value is -4.27. The first kappa shape index (κ1) is 21.0. The molecule has 1 atom stereocenters. The molecule has 0 spiro atoms. The molecule has 4 rings (SSSR count). The molecule has 1 aromatic carbocycles. The van der Waals surface area contributed by atoms with Crippen molar-refractivity contribution in [2.75, 3.05) is 11.9 Å². The van der Waals surface area contributed by atoms with E-state index >= 15 is 0 Å². The van der Waals surface area contributed by atoms with E-state index in [2.05, 4.69) is 30.6 Å². The molecule has 3 aromatic rings. The van der Waals surface area contributed by atoms with E-state index in [1.54, 1.807) is 24.3 Å². The van der Waals surface area contributed by atoms with E-state index in [9.17, 15) is 23.2 Å². The third kappa shape index (κ3) is 4.72. The summed E-state index contributed by atoms with van der Waals surface area (Å²) in [5, 5.41) is 14.8. The van der Waals surface area contributed by atoms with Crippen LogP contribution in [0.2, 0.25) is 0 Å². The molecular formula is C20H14F3N7O2. The molecule has 162 valence electrons. The van der Waals surface area contributed by atoms with Gasteiger partial charge in [-0.25, -0.2) is 4.98 Å². The van der Waals surface area contributed by atoms with Crippen molar-refractivity contribution in [3.8, 4) is 29.1 Å². The standard InChI is InChI=1S/C20H14F3N7O2/c21-20(22,23)12-3-6-16(26-10-12)32-13-4-1-11(2-5-13)17-28-15(9-24)29-19(30-17)27-14-7-8-25-18(14)31/h1-6,10,14H,7-8H2,(H,25,31)(H,27,28,29,30)/t14-/m0/s1. The van der Waals surface area contributed by atoms with Crippen LogP contribution >= 0.6 is 0 Å². The van der Waals surface area contributed by atoms with Gasteiger partial charge in [-0.1, -0.05) is 0 Å². The number of rotatable bonds is 5. The van der Waals surface area contributed by atoms with Crippen molar-refractivity contribution in [2.24, 2.45) is 0 Å². The first-order chi connectivity index (χ1) is 15.3. The van der Waals surface area contributed by atoms with E-state index < -0.39 is 17.8 Å². The largest absolute Gasteiger partial charge is 0.439 e. The molecule has 0 unspecified atom stereocenters. The van der Waals surface area contributed by atoms with Crippen LogP contribution in [-0.4, -0.2) is 38.4 Å². The molecule has 3 heterocycles. The Balaban J connectivity index is 1.51. The number of nitriles is 1. The highest BCUT2D eigenvalue weighted by Crippen LogP contribution is 2.30. The third-order valence-corrected chi connectivity index (χ3v) is 4.49. The zero-order chi connectivity index (χ0) is 22.7. The summed E-state index contributed by atoms with van der Waals surface area (Å²) < 4.78 is 43.3. The summed E-state index contributed by atoms with van der Waals surface area (Å²) in [5.74, 6) is 0.337. The number of carbonyl (C=O) groups excluding carboxylic acids is 1. The van der Waals surface area contributed by atoms with Crippen molar-refractivity contribution in [1.29, 1.82) is 5.26 Å². The number of alkyl halides is 3. The van der Waals surface area contributed by atoms with E-state index in [-0.39, 0.29) is 29.4 Å². The van der Waals surface area contributed by atoms with Gasteiger partial charge in [-0.05, 0) is 36.8 Å². The van der Waals surface area contributed by atoms with Gasteiger partial charge in [0.1, 0.15) is 17.9 Å². The Bertz CT molecular complexity index is 1180. The summed E-state index contributed by atoms with van der Waals surface area (Å²) in [6.45, 7) is 0.537. The molecule has 2 N–H and O–H groups in total. The number of nitrogens with one attached hydrogen (secondary N) is 2. The maximum absolute atomic E-state index is 12.6. The molecule has 0 radical (unpaired) electrons. The topological polar surface area (TPSA) is 126 Å². The SMILES string of the molecule is N#Cc1nc(N[C@H]2CCNC2=O)nc(-c2ccc(Oc3ccc(C(F)(F)F)cn3)cc2)n1. The number of hydrogen-bond acceptors (Lipinski definition) is 8. The highest BCUT2D eigenvalue weighted by Gasteiger charge is 2.30. The zero-order valence-electron chi connectivity index (χ0n) is 16.2. The molecular weight excluding hydrogens is 427 g/mol. The van der Waals surface area contributed by atoms with Gasteiger partial charge in [-0.3, -0.25) is 4.79 Å². The van der Waals surface area contributed by atoms with Gasteiger partial charge >= 0.3 is 6.18 Å². The Morgan fingerprint density at radius 1 is 1.12 bits per heavy atom. The summed E-state index contributed by atoms with van der Waals surface area (Å²) in [6, 6.07) is 9.70. The lowest BCUT2D eigenvalue weighted by atomic mass is 10.2. The molecule has 2 aromatic heterocycles.